The summed E-state index contributed by atoms with van der Waals surface area (Å²) in [5.74, 6) is -0.818. The molecule has 3 rings (SSSR count). The van der Waals surface area contributed by atoms with E-state index in [2.05, 4.69) is 5.32 Å². The maximum Gasteiger partial charge on any atom is 0.335 e. The van der Waals surface area contributed by atoms with Crippen LogP contribution in [0.2, 0.25) is 0 Å². The fourth-order valence-corrected chi connectivity index (χ4v) is 4.87. The van der Waals surface area contributed by atoms with E-state index in [1.54, 1.807) is 13.8 Å². The van der Waals surface area contributed by atoms with Crippen LogP contribution in [0.1, 0.15) is 37.8 Å². The summed E-state index contributed by atoms with van der Waals surface area (Å²) in [5, 5.41) is 2.87. The lowest BCUT2D eigenvalue weighted by Crippen LogP contribution is -2.50. The summed E-state index contributed by atoms with van der Waals surface area (Å²) in [6.45, 7) is 5.98. The molecule has 0 bridgehead atoms. The lowest BCUT2D eigenvalue weighted by molar-refractivity contribution is -0.150. The summed E-state index contributed by atoms with van der Waals surface area (Å²) in [7, 11) is -3.31. The van der Waals surface area contributed by atoms with Gasteiger partial charge in [-0.15, -0.1) is 0 Å². The molecule has 8 heteroatoms. The third-order valence-corrected chi connectivity index (χ3v) is 7.40. The van der Waals surface area contributed by atoms with E-state index in [1.165, 1.54) is 4.31 Å². The first-order valence-electron chi connectivity index (χ1n) is 9.45. The van der Waals surface area contributed by atoms with Crippen molar-refractivity contribution in [3.05, 3.63) is 46.5 Å². The van der Waals surface area contributed by atoms with Gasteiger partial charge in [-0.05, 0) is 26.3 Å². The van der Waals surface area contributed by atoms with Gasteiger partial charge >= 0.3 is 5.97 Å². The second kappa shape index (κ2) is 7.67. The highest BCUT2D eigenvalue weighted by Crippen LogP contribution is 2.41. The zero-order valence-electron chi connectivity index (χ0n) is 16.4. The van der Waals surface area contributed by atoms with Gasteiger partial charge in [-0.3, -0.25) is 4.79 Å². The van der Waals surface area contributed by atoms with Gasteiger partial charge in [0, 0.05) is 38.0 Å². The van der Waals surface area contributed by atoms with Crippen molar-refractivity contribution in [2.45, 2.75) is 45.8 Å². The summed E-state index contributed by atoms with van der Waals surface area (Å²) in [5.41, 5.74) is 1.68. The summed E-state index contributed by atoms with van der Waals surface area (Å²) in [6, 6.07) is 7.83. The molecule has 2 heterocycles. The quantitative estimate of drug-likeness (QED) is 0.751. The molecule has 1 fully saturated rings. The lowest BCUT2D eigenvalue weighted by atomic mass is 9.83. The molecule has 1 spiro atoms. The maximum atomic E-state index is 12.9. The molecule has 1 aromatic rings. The molecule has 7 nitrogen and oxygen atoms in total. The molecule has 1 amide bonds. The summed E-state index contributed by atoms with van der Waals surface area (Å²) in [4.78, 5) is 25.1. The highest BCUT2D eigenvalue weighted by atomic mass is 32.2. The van der Waals surface area contributed by atoms with Gasteiger partial charge in [0.05, 0.1) is 11.3 Å². The Balaban J connectivity index is 1.75. The van der Waals surface area contributed by atoms with Crippen LogP contribution in [0.25, 0.3) is 0 Å². The van der Waals surface area contributed by atoms with Crippen LogP contribution in [0.5, 0.6) is 0 Å². The number of nitrogens with one attached hydrogen (secondary N) is 1. The zero-order valence-corrected chi connectivity index (χ0v) is 17.3. The first-order chi connectivity index (χ1) is 13.2. The van der Waals surface area contributed by atoms with Crippen molar-refractivity contribution in [2.75, 3.05) is 18.8 Å². The van der Waals surface area contributed by atoms with Crippen molar-refractivity contribution < 1.29 is 22.7 Å². The number of carbonyl (C=O) groups excluding carboxylic acids is 2. The molecule has 28 heavy (non-hydrogen) atoms. The van der Waals surface area contributed by atoms with Crippen LogP contribution in [0.3, 0.4) is 0 Å². The van der Waals surface area contributed by atoms with Gasteiger partial charge in [0.2, 0.25) is 10.0 Å². The number of amides is 1. The SMILES string of the molecule is CCS(=O)(=O)N1CCC2(CC1)OC(=O)C(C)=C2C(=O)NCc1ccc(C)cc1. The Morgan fingerprint density at radius 1 is 1.18 bits per heavy atom. The van der Waals surface area contributed by atoms with E-state index in [1.807, 2.05) is 31.2 Å². The Morgan fingerprint density at radius 2 is 1.79 bits per heavy atom. The molecule has 0 unspecified atom stereocenters. The minimum absolute atomic E-state index is 0.0263. The molecule has 0 atom stereocenters. The van der Waals surface area contributed by atoms with Gasteiger partial charge in [-0.2, -0.15) is 0 Å². The standard InChI is InChI=1S/C20H26N2O5S/c1-4-28(25,26)22-11-9-20(10-12-22)17(15(3)19(24)27-20)18(23)21-13-16-7-5-14(2)6-8-16/h5-8H,4,9-13H2,1-3H3,(H,21,23). The minimum atomic E-state index is -3.31. The molecule has 2 aliphatic rings. The smallest absolute Gasteiger partial charge is 0.335 e. The van der Waals surface area contributed by atoms with Gasteiger partial charge < -0.3 is 10.1 Å². The van der Waals surface area contributed by atoms with Crippen molar-refractivity contribution in [1.82, 2.24) is 9.62 Å². The molecule has 0 aromatic heterocycles. The van der Waals surface area contributed by atoms with Gasteiger partial charge in [0.25, 0.3) is 5.91 Å². The molecule has 2 aliphatic heterocycles. The van der Waals surface area contributed by atoms with E-state index in [9.17, 15) is 18.0 Å². The van der Waals surface area contributed by atoms with E-state index in [-0.39, 0.29) is 37.6 Å². The Labute approximate surface area is 165 Å². The molecular weight excluding hydrogens is 380 g/mol. The first-order valence-corrected chi connectivity index (χ1v) is 11.1. The topological polar surface area (TPSA) is 92.8 Å². The van der Waals surface area contributed by atoms with Crippen LogP contribution < -0.4 is 5.32 Å². The van der Waals surface area contributed by atoms with Crippen molar-refractivity contribution in [2.24, 2.45) is 0 Å². The summed E-state index contributed by atoms with van der Waals surface area (Å²) in [6.07, 6.45) is 0.561. The number of carbonyl (C=O) groups is 2. The minimum Gasteiger partial charge on any atom is -0.450 e. The predicted octanol–water partition coefficient (Wildman–Crippen LogP) is 1.67. The number of sulfonamides is 1. The van der Waals surface area contributed by atoms with Crippen molar-refractivity contribution in [3.63, 3.8) is 0 Å². The third kappa shape index (κ3) is 3.84. The zero-order chi connectivity index (χ0) is 20.5. The van der Waals surface area contributed by atoms with Gasteiger partial charge in [-0.25, -0.2) is 17.5 Å². The Kier molecular flexibility index (Phi) is 5.63. The van der Waals surface area contributed by atoms with E-state index in [4.69, 9.17) is 4.74 Å². The maximum absolute atomic E-state index is 12.9. The number of piperidine rings is 1. The van der Waals surface area contributed by atoms with Gasteiger partial charge in [0.1, 0.15) is 5.60 Å². The Bertz CT molecular complexity index is 910. The fraction of sp³-hybridized carbons (Fsp3) is 0.500. The molecular formula is C20H26N2O5S. The van der Waals surface area contributed by atoms with E-state index in [0.29, 0.717) is 17.7 Å². The number of benzene rings is 1. The number of nitrogens with zero attached hydrogens (tertiary/aromatic N) is 1. The van der Waals surface area contributed by atoms with Crippen LogP contribution in [-0.2, 0) is 30.9 Å². The molecule has 0 radical (unpaired) electrons. The van der Waals surface area contributed by atoms with Gasteiger partial charge in [0.15, 0.2) is 0 Å². The van der Waals surface area contributed by atoms with Crippen molar-refractivity contribution in [1.29, 1.82) is 0 Å². The molecule has 152 valence electrons. The molecule has 1 N–H and O–H groups in total. The molecule has 1 saturated heterocycles. The second-order valence-corrected chi connectivity index (χ2v) is 9.61. The summed E-state index contributed by atoms with van der Waals surface area (Å²) < 4.78 is 31.2. The number of ether oxygens (including phenoxy) is 1. The number of hydrogen-bond acceptors (Lipinski definition) is 5. The second-order valence-electron chi connectivity index (χ2n) is 7.35. The fourth-order valence-electron chi connectivity index (χ4n) is 3.76. The molecule has 1 aromatic carbocycles. The largest absolute Gasteiger partial charge is 0.450 e. The van der Waals surface area contributed by atoms with Crippen LogP contribution >= 0.6 is 0 Å². The van der Waals surface area contributed by atoms with Crippen LogP contribution in [0.15, 0.2) is 35.4 Å². The number of rotatable bonds is 5. The molecule has 0 saturated carbocycles. The van der Waals surface area contributed by atoms with Gasteiger partial charge in [-0.1, -0.05) is 29.8 Å². The average Bonchev–Trinajstić information content (AvgIpc) is 2.91. The van der Waals surface area contributed by atoms with Crippen LogP contribution in [0.4, 0.5) is 0 Å². The van der Waals surface area contributed by atoms with Crippen LogP contribution in [-0.4, -0.2) is 49.0 Å². The van der Waals surface area contributed by atoms with Crippen molar-refractivity contribution >= 4 is 21.9 Å². The van der Waals surface area contributed by atoms with E-state index < -0.39 is 21.6 Å². The summed E-state index contributed by atoms with van der Waals surface area (Å²) >= 11 is 0. The average molecular weight is 407 g/mol. The van der Waals surface area contributed by atoms with Crippen molar-refractivity contribution in [3.8, 4) is 0 Å². The highest BCUT2D eigenvalue weighted by molar-refractivity contribution is 7.89. The lowest BCUT2D eigenvalue weighted by Gasteiger charge is -2.38. The number of hydrogen-bond donors (Lipinski definition) is 1. The Hall–Kier alpha value is -2.19. The molecule has 0 aliphatic carbocycles. The monoisotopic (exact) mass is 406 g/mol. The normalized spacial score (nSPS) is 19.8. The first kappa shape index (κ1) is 20.5. The van der Waals surface area contributed by atoms with E-state index >= 15 is 0 Å². The van der Waals surface area contributed by atoms with Crippen LogP contribution in [0, 0.1) is 6.92 Å². The predicted molar refractivity (Wildman–Crippen MR) is 105 cm³/mol. The highest BCUT2D eigenvalue weighted by Gasteiger charge is 2.51. The Morgan fingerprint density at radius 3 is 2.36 bits per heavy atom. The number of esters is 1. The van der Waals surface area contributed by atoms with E-state index in [0.717, 1.165) is 11.1 Å². The third-order valence-electron chi connectivity index (χ3n) is 5.51. The number of aryl methyl sites for hydroxylation is 1.